The first-order chi connectivity index (χ1) is 8.45. The average molecular weight is 253 g/mol. The molecule has 100 valence electrons. The lowest BCUT2D eigenvalue weighted by Crippen LogP contribution is -2.28. The van der Waals surface area contributed by atoms with Gasteiger partial charge in [0.05, 0.1) is 5.56 Å². The maximum absolute atomic E-state index is 13.7. The minimum Gasteiger partial charge on any atom is -0.478 e. The molecule has 3 nitrogen and oxygen atoms in total. The number of carbonyl (C=O) groups is 1. The van der Waals surface area contributed by atoms with Crippen LogP contribution in [-0.2, 0) is 6.54 Å². The molecule has 0 heterocycles. The van der Waals surface area contributed by atoms with Crippen molar-refractivity contribution in [2.24, 2.45) is 0 Å². The highest BCUT2D eigenvalue weighted by Crippen LogP contribution is 2.15. The van der Waals surface area contributed by atoms with Crippen LogP contribution in [0.5, 0.6) is 0 Å². The van der Waals surface area contributed by atoms with Gasteiger partial charge in [-0.2, -0.15) is 0 Å². The van der Waals surface area contributed by atoms with E-state index in [1.165, 1.54) is 6.07 Å². The van der Waals surface area contributed by atoms with Crippen molar-refractivity contribution in [3.05, 3.63) is 35.1 Å². The Morgan fingerprint density at radius 2 is 2.17 bits per heavy atom. The molecule has 1 rings (SSSR count). The Morgan fingerprint density at radius 1 is 1.50 bits per heavy atom. The maximum Gasteiger partial charge on any atom is 0.335 e. The van der Waals surface area contributed by atoms with E-state index >= 15 is 0 Å². The molecule has 0 aromatic heterocycles. The van der Waals surface area contributed by atoms with Crippen LogP contribution in [-0.4, -0.2) is 29.1 Å². The molecule has 1 aromatic rings. The molecule has 0 bridgehead atoms. The molecule has 0 aliphatic rings. The first-order valence-corrected chi connectivity index (χ1v) is 6.17. The van der Waals surface area contributed by atoms with Crippen LogP contribution >= 0.6 is 0 Å². The van der Waals surface area contributed by atoms with Crippen LogP contribution in [0.3, 0.4) is 0 Å². The third kappa shape index (κ3) is 3.81. The second-order valence-corrected chi connectivity index (χ2v) is 4.66. The van der Waals surface area contributed by atoms with Crippen molar-refractivity contribution in [3.63, 3.8) is 0 Å². The summed E-state index contributed by atoms with van der Waals surface area (Å²) in [6.07, 6.45) is 2.15. The minimum absolute atomic E-state index is 0.0134. The topological polar surface area (TPSA) is 40.5 Å². The van der Waals surface area contributed by atoms with Crippen molar-refractivity contribution in [1.29, 1.82) is 0 Å². The summed E-state index contributed by atoms with van der Waals surface area (Å²) in [7, 11) is 1.95. The molecule has 0 spiro atoms. The van der Waals surface area contributed by atoms with E-state index in [2.05, 4.69) is 18.7 Å². The molecular weight excluding hydrogens is 233 g/mol. The van der Waals surface area contributed by atoms with Gasteiger partial charge < -0.3 is 5.11 Å². The van der Waals surface area contributed by atoms with Gasteiger partial charge in [-0.3, -0.25) is 4.90 Å². The van der Waals surface area contributed by atoms with E-state index in [1.807, 2.05) is 7.05 Å². The van der Waals surface area contributed by atoms with E-state index in [4.69, 9.17) is 5.11 Å². The molecule has 1 unspecified atom stereocenters. The summed E-state index contributed by atoms with van der Waals surface area (Å²) in [6.45, 7) is 4.71. The lowest BCUT2D eigenvalue weighted by atomic mass is 10.1. The summed E-state index contributed by atoms with van der Waals surface area (Å²) >= 11 is 0. The summed E-state index contributed by atoms with van der Waals surface area (Å²) in [6, 6.07) is 4.46. The molecule has 1 N–H and O–H groups in total. The van der Waals surface area contributed by atoms with Gasteiger partial charge in [-0.1, -0.05) is 19.4 Å². The Morgan fingerprint density at radius 3 is 2.67 bits per heavy atom. The quantitative estimate of drug-likeness (QED) is 0.846. The zero-order chi connectivity index (χ0) is 13.7. The van der Waals surface area contributed by atoms with E-state index in [-0.39, 0.29) is 5.56 Å². The summed E-state index contributed by atoms with van der Waals surface area (Å²) in [5.74, 6) is -1.56. The van der Waals surface area contributed by atoms with Gasteiger partial charge in [-0.25, -0.2) is 9.18 Å². The molecule has 0 aliphatic carbocycles. The molecule has 0 saturated carbocycles. The lowest BCUT2D eigenvalue weighted by Gasteiger charge is -2.24. The number of aromatic carboxylic acids is 1. The SMILES string of the molecule is CCCC(C)N(C)Cc1ccc(C(=O)O)cc1F. The van der Waals surface area contributed by atoms with Gasteiger partial charge in [0.25, 0.3) is 0 Å². The highest BCUT2D eigenvalue weighted by molar-refractivity contribution is 5.87. The third-order valence-corrected chi connectivity index (χ3v) is 3.18. The molecule has 18 heavy (non-hydrogen) atoms. The van der Waals surface area contributed by atoms with E-state index in [1.54, 1.807) is 6.07 Å². The molecular formula is C14H20FNO2. The Labute approximate surface area is 107 Å². The maximum atomic E-state index is 13.7. The fourth-order valence-corrected chi connectivity index (χ4v) is 1.87. The normalized spacial score (nSPS) is 12.7. The number of nitrogens with zero attached hydrogens (tertiary/aromatic N) is 1. The molecule has 1 aromatic carbocycles. The van der Waals surface area contributed by atoms with E-state index < -0.39 is 11.8 Å². The highest BCUT2D eigenvalue weighted by atomic mass is 19.1. The van der Waals surface area contributed by atoms with E-state index in [0.717, 1.165) is 18.9 Å². The lowest BCUT2D eigenvalue weighted by molar-refractivity contribution is 0.0696. The van der Waals surface area contributed by atoms with Gasteiger partial charge in [-0.15, -0.1) is 0 Å². The van der Waals surface area contributed by atoms with Gasteiger partial charge in [0.1, 0.15) is 5.82 Å². The number of halogens is 1. The second kappa shape index (κ2) is 6.50. The zero-order valence-electron chi connectivity index (χ0n) is 11.1. The van der Waals surface area contributed by atoms with Crippen LogP contribution in [0, 0.1) is 5.82 Å². The van der Waals surface area contributed by atoms with Crippen LogP contribution < -0.4 is 0 Å². The minimum atomic E-state index is -1.10. The van der Waals surface area contributed by atoms with Crippen LogP contribution in [0.4, 0.5) is 4.39 Å². The third-order valence-electron chi connectivity index (χ3n) is 3.18. The number of carboxylic acids is 1. The van der Waals surface area contributed by atoms with Crippen LogP contribution in [0.25, 0.3) is 0 Å². The molecule has 4 heteroatoms. The van der Waals surface area contributed by atoms with Crippen LogP contribution in [0.15, 0.2) is 18.2 Å². The monoisotopic (exact) mass is 253 g/mol. The number of hydrogen-bond acceptors (Lipinski definition) is 2. The molecule has 0 aliphatic heterocycles. The predicted octanol–water partition coefficient (Wildman–Crippen LogP) is 3.14. The van der Waals surface area contributed by atoms with Gasteiger partial charge >= 0.3 is 5.97 Å². The van der Waals surface area contributed by atoms with Gasteiger partial charge in [-0.05, 0) is 32.5 Å². The second-order valence-electron chi connectivity index (χ2n) is 4.66. The Kier molecular flexibility index (Phi) is 5.28. The smallest absolute Gasteiger partial charge is 0.335 e. The van der Waals surface area contributed by atoms with Crippen molar-refractivity contribution >= 4 is 5.97 Å². The summed E-state index contributed by atoms with van der Waals surface area (Å²) in [4.78, 5) is 12.8. The Hall–Kier alpha value is -1.42. The number of benzene rings is 1. The number of rotatable bonds is 6. The van der Waals surface area contributed by atoms with Crippen molar-refractivity contribution in [2.75, 3.05) is 7.05 Å². The van der Waals surface area contributed by atoms with Gasteiger partial charge in [0, 0.05) is 18.2 Å². The summed E-state index contributed by atoms with van der Waals surface area (Å²) in [5.41, 5.74) is 0.519. The fraction of sp³-hybridized carbons (Fsp3) is 0.500. The Balaban J connectivity index is 2.76. The number of hydrogen-bond donors (Lipinski definition) is 1. The van der Waals surface area contributed by atoms with Crippen molar-refractivity contribution < 1.29 is 14.3 Å². The van der Waals surface area contributed by atoms with Gasteiger partial charge in [0.15, 0.2) is 0 Å². The fourth-order valence-electron chi connectivity index (χ4n) is 1.87. The summed E-state index contributed by atoms with van der Waals surface area (Å²) < 4.78 is 13.7. The molecule has 1 atom stereocenters. The first kappa shape index (κ1) is 14.6. The molecule has 0 fully saturated rings. The first-order valence-electron chi connectivity index (χ1n) is 6.17. The average Bonchev–Trinajstić information content (AvgIpc) is 2.31. The summed E-state index contributed by atoms with van der Waals surface area (Å²) in [5, 5.41) is 8.76. The van der Waals surface area contributed by atoms with Gasteiger partial charge in [0.2, 0.25) is 0 Å². The molecule has 0 radical (unpaired) electrons. The Bertz CT molecular complexity index is 420. The highest BCUT2D eigenvalue weighted by Gasteiger charge is 2.13. The molecule has 0 amide bonds. The zero-order valence-corrected chi connectivity index (χ0v) is 11.1. The van der Waals surface area contributed by atoms with E-state index in [9.17, 15) is 9.18 Å². The number of carboxylic acid groups (broad SMARTS) is 1. The van der Waals surface area contributed by atoms with Crippen molar-refractivity contribution in [1.82, 2.24) is 4.90 Å². The van der Waals surface area contributed by atoms with Crippen LogP contribution in [0.1, 0.15) is 42.6 Å². The standard InChI is InChI=1S/C14H20FNO2/c1-4-5-10(2)16(3)9-12-7-6-11(14(17)18)8-13(12)15/h6-8,10H,4-5,9H2,1-3H3,(H,17,18). The van der Waals surface area contributed by atoms with Crippen LogP contribution in [0.2, 0.25) is 0 Å². The van der Waals surface area contributed by atoms with Crippen molar-refractivity contribution in [2.45, 2.75) is 39.3 Å². The van der Waals surface area contributed by atoms with Crippen molar-refractivity contribution in [3.8, 4) is 0 Å². The van der Waals surface area contributed by atoms with E-state index in [0.29, 0.717) is 18.2 Å². The largest absolute Gasteiger partial charge is 0.478 e. The predicted molar refractivity (Wildman–Crippen MR) is 69.2 cm³/mol. The molecule has 0 saturated heterocycles.